The number of rotatable bonds is 5. The number of nitrogens with zero attached hydrogens (tertiary/aromatic N) is 2. The largest absolute Gasteiger partial charge is 0.345 e. The zero-order valence-electron chi connectivity index (χ0n) is 13.2. The van der Waals surface area contributed by atoms with E-state index in [-0.39, 0.29) is 17.1 Å². The molecule has 0 bridgehead atoms. The fraction of sp³-hybridized carbons (Fsp3) is 0.0588. The maximum absolute atomic E-state index is 13.1. The van der Waals surface area contributed by atoms with E-state index in [4.69, 9.17) is 0 Å². The van der Waals surface area contributed by atoms with E-state index in [1.54, 1.807) is 0 Å². The Hall–Kier alpha value is -3.20. The van der Waals surface area contributed by atoms with E-state index in [2.05, 4.69) is 20.8 Å². The topological polar surface area (TPSA) is 84.0 Å². The summed E-state index contributed by atoms with van der Waals surface area (Å²) < 4.78 is 26.0. The summed E-state index contributed by atoms with van der Waals surface area (Å²) in [7, 11) is 0. The lowest BCUT2D eigenvalue weighted by molar-refractivity contribution is 0.0949. The zero-order valence-corrected chi connectivity index (χ0v) is 14.0. The molecule has 9 heteroatoms. The first-order valence-electron chi connectivity index (χ1n) is 7.44. The molecule has 0 saturated heterocycles. The van der Waals surface area contributed by atoms with Gasteiger partial charge in [0.15, 0.2) is 0 Å². The molecular weight excluding hydrogens is 362 g/mol. The molecule has 6 nitrogen and oxygen atoms in total. The van der Waals surface area contributed by atoms with Gasteiger partial charge in [0, 0.05) is 11.3 Å². The third-order valence-electron chi connectivity index (χ3n) is 3.25. The number of anilines is 1. The van der Waals surface area contributed by atoms with E-state index in [1.807, 2.05) is 0 Å². The molecule has 3 aromatic rings. The Morgan fingerprint density at radius 2 is 1.73 bits per heavy atom. The van der Waals surface area contributed by atoms with Gasteiger partial charge in [0.05, 0.1) is 6.54 Å². The summed E-state index contributed by atoms with van der Waals surface area (Å²) in [5, 5.41) is 13.3. The van der Waals surface area contributed by atoms with Crippen LogP contribution >= 0.6 is 11.3 Å². The minimum absolute atomic E-state index is 0.0524. The van der Waals surface area contributed by atoms with E-state index in [0.717, 1.165) is 17.4 Å². The molecule has 0 aliphatic carbocycles. The van der Waals surface area contributed by atoms with Gasteiger partial charge < -0.3 is 10.6 Å². The summed E-state index contributed by atoms with van der Waals surface area (Å²) >= 11 is 1.01. The van der Waals surface area contributed by atoms with Gasteiger partial charge in [0.1, 0.15) is 16.6 Å². The maximum Gasteiger partial charge on any atom is 0.286 e. The Bertz CT molecular complexity index is 944. The highest BCUT2D eigenvalue weighted by Gasteiger charge is 2.14. The highest BCUT2D eigenvalue weighted by atomic mass is 32.1. The van der Waals surface area contributed by atoms with Crippen molar-refractivity contribution in [2.24, 2.45) is 0 Å². The van der Waals surface area contributed by atoms with Crippen LogP contribution in [0.1, 0.15) is 25.2 Å². The number of halogens is 2. The Labute approximate surface area is 150 Å². The maximum atomic E-state index is 13.1. The summed E-state index contributed by atoms with van der Waals surface area (Å²) in [4.78, 5) is 24.0. The second-order valence-corrected chi connectivity index (χ2v) is 6.22. The third kappa shape index (κ3) is 4.45. The van der Waals surface area contributed by atoms with Gasteiger partial charge in [-0.25, -0.2) is 8.78 Å². The van der Waals surface area contributed by atoms with Crippen LogP contribution in [0.5, 0.6) is 0 Å². The number of aromatic nitrogens is 2. The van der Waals surface area contributed by atoms with Crippen molar-refractivity contribution in [2.45, 2.75) is 6.54 Å². The molecule has 0 unspecified atom stereocenters. The number of hydrogen-bond donors (Lipinski definition) is 2. The molecule has 2 aromatic carbocycles. The fourth-order valence-electron chi connectivity index (χ4n) is 2.02. The van der Waals surface area contributed by atoms with E-state index in [0.29, 0.717) is 10.7 Å². The minimum Gasteiger partial charge on any atom is -0.345 e. The van der Waals surface area contributed by atoms with Crippen LogP contribution in [0.2, 0.25) is 0 Å². The standard InChI is InChI=1S/C17H12F2N4O2S/c18-11-4-6-13(7-5-11)21-16(25)17-23-22-14(26-17)9-20-15(24)10-2-1-3-12(19)8-10/h1-8H,9H2,(H,20,24)(H,21,25). The zero-order chi connectivity index (χ0) is 18.5. The van der Waals surface area contributed by atoms with Crippen LogP contribution in [0.3, 0.4) is 0 Å². The average molecular weight is 374 g/mol. The van der Waals surface area contributed by atoms with E-state index >= 15 is 0 Å². The average Bonchev–Trinajstić information content (AvgIpc) is 3.11. The molecule has 3 rings (SSSR count). The molecule has 2 N–H and O–H groups in total. The second-order valence-electron chi connectivity index (χ2n) is 5.15. The first-order valence-corrected chi connectivity index (χ1v) is 8.26. The molecule has 0 fully saturated rings. The van der Waals surface area contributed by atoms with Gasteiger partial charge >= 0.3 is 0 Å². The predicted octanol–water partition coefficient (Wildman–Crippen LogP) is 3.00. The molecule has 0 spiro atoms. The number of carbonyl (C=O) groups is 2. The molecule has 0 aliphatic rings. The highest BCUT2D eigenvalue weighted by molar-refractivity contribution is 7.13. The van der Waals surface area contributed by atoms with Gasteiger partial charge in [-0.05, 0) is 42.5 Å². The molecule has 0 aliphatic heterocycles. The van der Waals surface area contributed by atoms with Crippen molar-refractivity contribution < 1.29 is 18.4 Å². The second kappa shape index (κ2) is 7.79. The van der Waals surface area contributed by atoms with Crippen molar-refractivity contribution >= 4 is 28.8 Å². The third-order valence-corrected chi connectivity index (χ3v) is 4.17. The summed E-state index contributed by atoms with van der Waals surface area (Å²) in [6, 6.07) is 10.6. The normalized spacial score (nSPS) is 10.4. The molecule has 2 amide bonds. The molecule has 0 atom stereocenters. The number of hydrogen-bond acceptors (Lipinski definition) is 5. The van der Waals surface area contributed by atoms with Crippen molar-refractivity contribution in [1.82, 2.24) is 15.5 Å². The number of amides is 2. The predicted molar refractivity (Wildman–Crippen MR) is 91.8 cm³/mol. The fourth-order valence-corrected chi connectivity index (χ4v) is 2.70. The van der Waals surface area contributed by atoms with Gasteiger partial charge in [0.2, 0.25) is 5.01 Å². The summed E-state index contributed by atoms with van der Waals surface area (Å²) in [5.41, 5.74) is 0.608. The van der Waals surface area contributed by atoms with Crippen LogP contribution in [-0.4, -0.2) is 22.0 Å². The first kappa shape index (κ1) is 17.6. The van der Waals surface area contributed by atoms with E-state index in [9.17, 15) is 18.4 Å². The van der Waals surface area contributed by atoms with Crippen LogP contribution in [0.25, 0.3) is 0 Å². The monoisotopic (exact) mass is 374 g/mol. The number of benzene rings is 2. The van der Waals surface area contributed by atoms with Crippen molar-refractivity contribution in [2.75, 3.05) is 5.32 Å². The van der Waals surface area contributed by atoms with E-state index in [1.165, 1.54) is 42.5 Å². The lowest BCUT2D eigenvalue weighted by Crippen LogP contribution is -2.22. The van der Waals surface area contributed by atoms with Crippen LogP contribution in [-0.2, 0) is 6.54 Å². The number of nitrogens with one attached hydrogen (secondary N) is 2. The minimum atomic E-state index is -0.506. The molecule has 0 radical (unpaired) electrons. The molecule has 1 heterocycles. The lowest BCUT2D eigenvalue weighted by atomic mass is 10.2. The quantitative estimate of drug-likeness (QED) is 0.719. The first-order chi connectivity index (χ1) is 12.5. The molecule has 1 aromatic heterocycles. The van der Waals surface area contributed by atoms with Gasteiger partial charge in [-0.2, -0.15) is 0 Å². The molecule has 0 saturated carbocycles. The SMILES string of the molecule is O=C(NCc1nnc(C(=O)Nc2ccc(F)cc2)s1)c1cccc(F)c1. The van der Waals surface area contributed by atoms with Gasteiger partial charge in [-0.1, -0.05) is 17.4 Å². The molecular formula is C17H12F2N4O2S. The van der Waals surface area contributed by atoms with Crippen molar-refractivity contribution in [3.63, 3.8) is 0 Å². The Morgan fingerprint density at radius 1 is 0.962 bits per heavy atom. The Morgan fingerprint density at radius 3 is 2.46 bits per heavy atom. The number of carbonyl (C=O) groups excluding carboxylic acids is 2. The van der Waals surface area contributed by atoms with Crippen LogP contribution < -0.4 is 10.6 Å². The van der Waals surface area contributed by atoms with Gasteiger partial charge in [-0.15, -0.1) is 10.2 Å². The van der Waals surface area contributed by atoms with Crippen molar-refractivity contribution in [3.8, 4) is 0 Å². The Balaban J connectivity index is 1.58. The van der Waals surface area contributed by atoms with Gasteiger partial charge in [0.25, 0.3) is 11.8 Å². The Kier molecular flexibility index (Phi) is 5.28. The van der Waals surface area contributed by atoms with E-state index < -0.39 is 23.4 Å². The molecule has 132 valence electrons. The highest BCUT2D eigenvalue weighted by Crippen LogP contribution is 2.14. The van der Waals surface area contributed by atoms with Gasteiger partial charge in [-0.3, -0.25) is 9.59 Å². The van der Waals surface area contributed by atoms with Crippen LogP contribution in [0, 0.1) is 11.6 Å². The summed E-state index contributed by atoms with van der Waals surface area (Å²) in [6.45, 7) is 0.0524. The van der Waals surface area contributed by atoms with Crippen molar-refractivity contribution in [1.29, 1.82) is 0 Å². The summed E-state index contributed by atoms with van der Waals surface area (Å²) in [5.74, 6) is -1.86. The van der Waals surface area contributed by atoms with Crippen LogP contribution in [0.15, 0.2) is 48.5 Å². The lowest BCUT2D eigenvalue weighted by Gasteiger charge is -2.02. The van der Waals surface area contributed by atoms with Crippen molar-refractivity contribution in [3.05, 3.63) is 75.7 Å². The smallest absolute Gasteiger partial charge is 0.286 e. The summed E-state index contributed by atoms with van der Waals surface area (Å²) in [6.07, 6.45) is 0. The van der Waals surface area contributed by atoms with Crippen LogP contribution in [0.4, 0.5) is 14.5 Å². The molecule has 26 heavy (non-hydrogen) atoms.